The highest BCUT2D eigenvalue weighted by molar-refractivity contribution is 9.10. The van der Waals surface area contributed by atoms with Gasteiger partial charge in [0, 0.05) is 29.7 Å². The van der Waals surface area contributed by atoms with Crippen LogP contribution in [0.5, 0.6) is 0 Å². The van der Waals surface area contributed by atoms with Gasteiger partial charge in [-0.15, -0.1) is 0 Å². The van der Waals surface area contributed by atoms with Crippen LogP contribution in [-0.2, 0) is 11.3 Å². The van der Waals surface area contributed by atoms with Crippen molar-refractivity contribution in [3.63, 3.8) is 0 Å². The van der Waals surface area contributed by atoms with Crippen LogP contribution < -0.4 is 0 Å². The summed E-state index contributed by atoms with van der Waals surface area (Å²) in [5, 5.41) is 0. The molecule has 0 N–H and O–H groups in total. The summed E-state index contributed by atoms with van der Waals surface area (Å²) in [6.45, 7) is 3.06. The Labute approximate surface area is 151 Å². The third kappa shape index (κ3) is 4.68. The lowest BCUT2D eigenvalue weighted by Gasteiger charge is -2.32. The van der Waals surface area contributed by atoms with Crippen molar-refractivity contribution in [2.75, 3.05) is 19.7 Å². The fourth-order valence-corrected chi connectivity index (χ4v) is 3.42. The Hall–Kier alpha value is -1.65. The lowest BCUT2D eigenvalue weighted by Crippen LogP contribution is -2.39. The van der Waals surface area contributed by atoms with Gasteiger partial charge in [0.1, 0.15) is 0 Å². The number of piperidine rings is 1. The molecule has 2 aromatic rings. The fourth-order valence-electron chi connectivity index (χ4n) is 3.02. The molecule has 0 saturated carbocycles. The van der Waals surface area contributed by atoms with Gasteiger partial charge in [0.2, 0.25) is 0 Å². The molecule has 1 aliphatic rings. The Balaban J connectivity index is 1.43. The summed E-state index contributed by atoms with van der Waals surface area (Å²) in [4.78, 5) is 14.5. The number of carbonyl (C=O) groups excluding carboxylic acids is 1. The minimum atomic E-state index is 0.125. The van der Waals surface area contributed by atoms with Crippen molar-refractivity contribution in [3.05, 3.63) is 70.2 Å². The second-order valence-electron chi connectivity index (χ2n) is 6.25. The van der Waals surface area contributed by atoms with Crippen LogP contribution in [-0.4, -0.2) is 30.5 Å². The number of halogens is 1. The van der Waals surface area contributed by atoms with Crippen LogP contribution in [0.4, 0.5) is 0 Å². The quantitative estimate of drug-likeness (QED) is 0.754. The molecule has 1 heterocycles. The van der Waals surface area contributed by atoms with Crippen molar-refractivity contribution in [2.45, 2.75) is 19.4 Å². The molecule has 0 aliphatic carbocycles. The van der Waals surface area contributed by atoms with Crippen molar-refractivity contribution in [1.82, 2.24) is 4.90 Å². The van der Waals surface area contributed by atoms with E-state index in [-0.39, 0.29) is 5.91 Å². The lowest BCUT2D eigenvalue weighted by atomic mass is 9.97. The normalized spacial score (nSPS) is 15.5. The van der Waals surface area contributed by atoms with E-state index in [1.807, 2.05) is 47.4 Å². The molecule has 126 valence electrons. The molecule has 0 spiro atoms. The summed E-state index contributed by atoms with van der Waals surface area (Å²) < 4.78 is 6.79. The smallest absolute Gasteiger partial charge is 0.253 e. The molecule has 0 unspecified atom stereocenters. The topological polar surface area (TPSA) is 29.5 Å². The van der Waals surface area contributed by atoms with E-state index in [4.69, 9.17) is 4.74 Å². The van der Waals surface area contributed by atoms with Crippen LogP contribution in [0.25, 0.3) is 0 Å². The summed E-state index contributed by atoms with van der Waals surface area (Å²) in [6, 6.07) is 17.9. The molecule has 3 rings (SSSR count). The number of hydrogen-bond donors (Lipinski definition) is 0. The van der Waals surface area contributed by atoms with Crippen molar-refractivity contribution < 1.29 is 9.53 Å². The number of hydrogen-bond acceptors (Lipinski definition) is 2. The zero-order valence-electron chi connectivity index (χ0n) is 13.7. The van der Waals surface area contributed by atoms with Crippen molar-refractivity contribution in [3.8, 4) is 0 Å². The first-order chi connectivity index (χ1) is 11.7. The van der Waals surface area contributed by atoms with Crippen LogP contribution in [0.2, 0.25) is 0 Å². The molecular weight excluding hydrogens is 366 g/mol. The molecule has 1 aliphatic heterocycles. The van der Waals surface area contributed by atoms with Gasteiger partial charge in [0.05, 0.1) is 6.61 Å². The van der Waals surface area contributed by atoms with E-state index in [2.05, 4.69) is 28.1 Å². The van der Waals surface area contributed by atoms with Gasteiger partial charge in [-0.1, -0.05) is 52.3 Å². The summed E-state index contributed by atoms with van der Waals surface area (Å²) >= 11 is 3.42. The maximum Gasteiger partial charge on any atom is 0.253 e. The van der Waals surface area contributed by atoms with E-state index in [1.54, 1.807) is 0 Å². The van der Waals surface area contributed by atoms with E-state index in [0.29, 0.717) is 12.5 Å². The molecular formula is C20H22BrNO2. The number of likely N-dealkylation sites (tertiary alicyclic amines) is 1. The van der Waals surface area contributed by atoms with Gasteiger partial charge in [-0.25, -0.2) is 0 Å². The van der Waals surface area contributed by atoms with E-state index >= 15 is 0 Å². The minimum absolute atomic E-state index is 0.125. The first-order valence-electron chi connectivity index (χ1n) is 8.39. The number of ether oxygens (including phenoxy) is 1. The predicted molar refractivity (Wildman–Crippen MR) is 98.9 cm³/mol. The van der Waals surface area contributed by atoms with Crippen LogP contribution in [0.15, 0.2) is 59.1 Å². The molecule has 0 radical (unpaired) electrons. The largest absolute Gasteiger partial charge is 0.376 e. The monoisotopic (exact) mass is 387 g/mol. The third-order valence-corrected chi connectivity index (χ3v) is 4.93. The molecule has 1 fully saturated rings. The van der Waals surface area contributed by atoms with Crippen LogP contribution in [0.1, 0.15) is 28.8 Å². The number of benzene rings is 2. The molecule has 1 amide bonds. The van der Waals surface area contributed by atoms with E-state index < -0.39 is 0 Å². The van der Waals surface area contributed by atoms with Gasteiger partial charge in [-0.3, -0.25) is 4.79 Å². The Morgan fingerprint density at radius 3 is 2.54 bits per heavy atom. The second kappa shape index (κ2) is 8.45. The first-order valence-corrected chi connectivity index (χ1v) is 9.18. The Kier molecular flexibility index (Phi) is 6.05. The van der Waals surface area contributed by atoms with Gasteiger partial charge in [-0.05, 0) is 42.5 Å². The maximum absolute atomic E-state index is 12.5. The van der Waals surface area contributed by atoms with Crippen LogP contribution in [0, 0.1) is 5.92 Å². The van der Waals surface area contributed by atoms with E-state index in [1.165, 1.54) is 5.56 Å². The van der Waals surface area contributed by atoms with Gasteiger partial charge in [0.15, 0.2) is 0 Å². The summed E-state index contributed by atoms with van der Waals surface area (Å²) in [5.74, 6) is 0.667. The SMILES string of the molecule is O=C(c1cccc(Br)c1)N1CCC(COCc2ccccc2)CC1. The number of amides is 1. The highest BCUT2D eigenvalue weighted by Crippen LogP contribution is 2.21. The van der Waals surface area contributed by atoms with Crippen molar-refractivity contribution in [2.24, 2.45) is 5.92 Å². The van der Waals surface area contributed by atoms with E-state index in [9.17, 15) is 4.79 Å². The van der Waals surface area contributed by atoms with E-state index in [0.717, 1.165) is 42.6 Å². The number of nitrogens with zero attached hydrogens (tertiary/aromatic N) is 1. The Bertz CT molecular complexity index is 666. The average Bonchev–Trinajstić information content (AvgIpc) is 2.63. The van der Waals surface area contributed by atoms with Gasteiger partial charge >= 0.3 is 0 Å². The Morgan fingerprint density at radius 2 is 1.83 bits per heavy atom. The second-order valence-corrected chi connectivity index (χ2v) is 7.16. The molecule has 3 nitrogen and oxygen atoms in total. The predicted octanol–water partition coefficient (Wildman–Crippen LogP) is 4.52. The molecule has 24 heavy (non-hydrogen) atoms. The minimum Gasteiger partial charge on any atom is -0.376 e. The number of rotatable bonds is 5. The van der Waals surface area contributed by atoms with Crippen LogP contribution in [0.3, 0.4) is 0 Å². The fraction of sp³-hybridized carbons (Fsp3) is 0.350. The average molecular weight is 388 g/mol. The van der Waals surface area contributed by atoms with Gasteiger partial charge < -0.3 is 9.64 Å². The summed E-state index contributed by atoms with van der Waals surface area (Å²) in [7, 11) is 0. The number of carbonyl (C=O) groups is 1. The molecule has 2 aromatic carbocycles. The third-order valence-electron chi connectivity index (χ3n) is 4.44. The molecule has 0 atom stereocenters. The van der Waals surface area contributed by atoms with Gasteiger partial charge in [-0.2, -0.15) is 0 Å². The zero-order chi connectivity index (χ0) is 16.8. The van der Waals surface area contributed by atoms with Crippen molar-refractivity contribution >= 4 is 21.8 Å². The maximum atomic E-state index is 12.5. The molecule has 0 bridgehead atoms. The summed E-state index contributed by atoms with van der Waals surface area (Å²) in [5.41, 5.74) is 1.96. The standard InChI is InChI=1S/C20H22BrNO2/c21-19-8-4-7-18(13-19)20(23)22-11-9-17(10-12-22)15-24-14-16-5-2-1-3-6-16/h1-8,13,17H,9-12,14-15H2. The molecule has 0 aromatic heterocycles. The first kappa shape index (κ1) is 17.2. The highest BCUT2D eigenvalue weighted by Gasteiger charge is 2.23. The molecule has 4 heteroatoms. The van der Waals surface area contributed by atoms with Crippen LogP contribution >= 0.6 is 15.9 Å². The summed E-state index contributed by atoms with van der Waals surface area (Å²) in [6.07, 6.45) is 2.02. The Morgan fingerprint density at radius 1 is 1.08 bits per heavy atom. The van der Waals surface area contributed by atoms with Crippen molar-refractivity contribution in [1.29, 1.82) is 0 Å². The zero-order valence-corrected chi connectivity index (χ0v) is 15.2. The van der Waals surface area contributed by atoms with Gasteiger partial charge in [0.25, 0.3) is 5.91 Å². The lowest BCUT2D eigenvalue weighted by molar-refractivity contribution is 0.0478. The molecule has 1 saturated heterocycles. The highest BCUT2D eigenvalue weighted by atomic mass is 79.9.